The zero-order valence-corrected chi connectivity index (χ0v) is 19.6. The van der Waals surface area contributed by atoms with Gasteiger partial charge in [0.2, 0.25) is 0 Å². The average Bonchev–Trinajstić information content (AvgIpc) is 3.27. The number of allylic oxidation sites excluding steroid dienone is 1. The molecule has 0 fully saturated rings. The zero-order valence-electron chi connectivity index (χ0n) is 19.6. The molecule has 0 N–H and O–H groups in total. The van der Waals surface area contributed by atoms with Gasteiger partial charge in [-0.1, -0.05) is 24.8 Å². The minimum absolute atomic E-state index is 0.0338. The van der Waals surface area contributed by atoms with Crippen LogP contribution in [0.5, 0.6) is 0 Å². The van der Waals surface area contributed by atoms with Gasteiger partial charge in [0.15, 0.2) is 5.69 Å². The van der Waals surface area contributed by atoms with E-state index in [1.54, 1.807) is 31.2 Å². The number of halogens is 3. The van der Waals surface area contributed by atoms with E-state index in [4.69, 9.17) is 6.57 Å². The number of aromatic nitrogens is 4. The number of hydrogen-bond donors (Lipinski definition) is 0. The molecule has 2 heterocycles. The lowest BCUT2D eigenvalue weighted by atomic mass is 10.0. The summed E-state index contributed by atoms with van der Waals surface area (Å²) in [5.41, 5.74) is 0.253. The van der Waals surface area contributed by atoms with E-state index in [2.05, 4.69) is 16.5 Å². The first-order chi connectivity index (χ1) is 17.0. The molecule has 7 nitrogen and oxygen atoms in total. The summed E-state index contributed by atoms with van der Waals surface area (Å²) in [5, 5.41) is 4.42. The molecule has 0 saturated heterocycles. The van der Waals surface area contributed by atoms with Crippen LogP contribution in [0.15, 0.2) is 70.9 Å². The number of nitrogens with zero attached hydrogens (tertiary/aromatic N) is 5. The Balaban J connectivity index is 2.08. The normalized spacial score (nSPS) is 11.4. The van der Waals surface area contributed by atoms with Gasteiger partial charge in [0, 0.05) is 18.3 Å². The number of alkyl halides is 3. The van der Waals surface area contributed by atoms with Crippen molar-refractivity contribution < 1.29 is 13.2 Å². The molecule has 0 bridgehead atoms. The Labute approximate surface area is 203 Å². The Morgan fingerprint density at radius 2 is 1.75 bits per heavy atom. The number of hydrogen-bond acceptors (Lipinski definition) is 3. The molecule has 4 rings (SSSR count). The van der Waals surface area contributed by atoms with E-state index < -0.39 is 23.0 Å². The number of benzene rings is 2. The Kier molecular flexibility index (Phi) is 6.02. The highest BCUT2D eigenvalue weighted by Crippen LogP contribution is 2.33. The zero-order chi connectivity index (χ0) is 26.4. The molecule has 2 aromatic heterocycles. The van der Waals surface area contributed by atoms with Crippen LogP contribution in [-0.2, 0) is 13.2 Å². The van der Waals surface area contributed by atoms with Gasteiger partial charge in [0.25, 0.3) is 5.56 Å². The largest absolute Gasteiger partial charge is 0.416 e. The summed E-state index contributed by atoms with van der Waals surface area (Å²) in [7, 11) is 1.27. The van der Waals surface area contributed by atoms with Crippen molar-refractivity contribution in [3.8, 4) is 22.6 Å². The smallest absolute Gasteiger partial charge is 0.268 e. The molecule has 0 spiro atoms. The lowest BCUT2D eigenvalue weighted by molar-refractivity contribution is -0.137. The molecule has 0 atom stereocenters. The Bertz CT molecular complexity index is 1670. The van der Waals surface area contributed by atoms with Gasteiger partial charge in [0.05, 0.1) is 41.0 Å². The van der Waals surface area contributed by atoms with E-state index in [1.807, 2.05) is 0 Å². The van der Waals surface area contributed by atoms with Crippen molar-refractivity contribution in [1.29, 1.82) is 0 Å². The minimum atomic E-state index is -4.61. The monoisotopic (exact) mass is 491 g/mol. The quantitative estimate of drug-likeness (QED) is 0.364. The molecule has 36 heavy (non-hydrogen) atoms. The third-order valence-electron chi connectivity index (χ3n) is 5.81. The first kappa shape index (κ1) is 24.5. The fourth-order valence-electron chi connectivity index (χ4n) is 3.98. The predicted octanol–water partition coefficient (Wildman–Crippen LogP) is 5.30. The van der Waals surface area contributed by atoms with Gasteiger partial charge >= 0.3 is 11.9 Å². The summed E-state index contributed by atoms with van der Waals surface area (Å²) in [6.07, 6.45) is -3.08. The topological polar surface area (TPSA) is 66.2 Å². The van der Waals surface area contributed by atoms with Crippen molar-refractivity contribution in [2.75, 3.05) is 0 Å². The second kappa shape index (κ2) is 8.85. The van der Waals surface area contributed by atoms with Gasteiger partial charge in [-0.15, -0.1) is 0 Å². The van der Waals surface area contributed by atoms with Gasteiger partial charge in [-0.2, -0.15) is 18.3 Å². The van der Waals surface area contributed by atoms with Gasteiger partial charge < -0.3 is 0 Å². The first-order valence-corrected chi connectivity index (χ1v) is 10.7. The predicted molar refractivity (Wildman–Crippen MR) is 131 cm³/mol. The maximum Gasteiger partial charge on any atom is 0.416 e. The van der Waals surface area contributed by atoms with Crippen molar-refractivity contribution in [3.05, 3.63) is 110 Å². The summed E-state index contributed by atoms with van der Waals surface area (Å²) in [6.45, 7) is 14.4. The maximum absolute atomic E-state index is 13.4. The van der Waals surface area contributed by atoms with Gasteiger partial charge in [-0.25, -0.2) is 14.3 Å². The van der Waals surface area contributed by atoms with Crippen molar-refractivity contribution in [2.24, 2.45) is 7.05 Å². The van der Waals surface area contributed by atoms with Gasteiger partial charge in [-0.3, -0.25) is 13.9 Å². The van der Waals surface area contributed by atoms with E-state index in [-0.39, 0.29) is 16.9 Å². The molecule has 182 valence electrons. The van der Waals surface area contributed by atoms with Crippen LogP contribution in [0, 0.1) is 13.5 Å². The second-order valence-electron chi connectivity index (χ2n) is 8.22. The van der Waals surface area contributed by atoms with E-state index >= 15 is 0 Å². The minimum Gasteiger partial charge on any atom is -0.268 e. The molecule has 10 heteroatoms. The summed E-state index contributed by atoms with van der Waals surface area (Å²) in [5.74, 6) is 0. The van der Waals surface area contributed by atoms with E-state index in [0.717, 1.165) is 21.3 Å². The van der Waals surface area contributed by atoms with Crippen LogP contribution in [-0.4, -0.2) is 18.9 Å². The fourth-order valence-corrected chi connectivity index (χ4v) is 3.98. The average molecular weight is 491 g/mol. The van der Waals surface area contributed by atoms with Crippen LogP contribution >= 0.6 is 0 Å². The van der Waals surface area contributed by atoms with Crippen molar-refractivity contribution >= 4 is 11.3 Å². The van der Waals surface area contributed by atoms with Crippen LogP contribution in [0.1, 0.15) is 23.7 Å². The van der Waals surface area contributed by atoms with Crippen molar-refractivity contribution in [2.45, 2.75) is 20.0 Å². The molecule has 0 unspecified atom stereocenters. The number of rotatable bonds is 4. The highest BCUT2D eigenvalue weighted by molar-refractivity contribution is 5.79. The second-order valence-corrected chi connectivity index (χ2v) is 8.22. The Hall–Kier alpha value is -4.65. The van der Waals surface area contributed by atoms with Crippen LogP contribution in [0.2, 0.25) is 0 Å². The Morgan fingerprint density at radius 1 is 1.08 bits per heavy atom. The van der Waals surface area contributed by atoms with Crippen LogP contribution in [0.25, 0.3) is 33.1 Å². The maximum atomic E-state index is 13.4. The molecule has 0 aliphatic heterocycles. The standard InChI is InChI=1S/C26H20F3N5O2/c1-15(2)21-14-31-34(19-11-9-18(30-4)10-12-19)23(21)22-16(3)33(25(36)32(5)24(22)35)20-8-6-7-17(13-20)26(27,28)29/h6-14H,1H2,2-3,5H3. The van der Waals surface area contributed by atoms with Crippen LogP contribution in [0.4, 0.5) is 18.9 Å². The Morgan fingerprint density at radius 3 is 2.33 bits per heavy atom. The van der Waals surface area contributed by atoms with Crippen molar-refractivity contribution in [3.63, 3.8) is 0 Å². The molecular formula is C26H20F3N5O2. The molecule has 0 aliphatic rings. The summed E-state index contributed by atoms with van der Waals surface area (Å²) < 4.78 is 43.6. The first-order valence-electron chi connectivity index (χ1n) is 10.7. The van der Waals surface area contributed by atoms with Crippen LogP contribution < -0.4 is 11.2 Å². The van der Waals surface area contributed by atoms with E-state index in [0.29, 0.717) is 28.2 Å². The highest BCUT2D eigenvalue weighted by atomic mass is 19.4. The molecule has 2 aromatic carbocycles. The van der Waals surface area contributed by atoms with Crippen molar-refractivity contribution in [1.82, 2.24) is 18.9 Å². The van der Waals surface area contributed by atoms with E-state index in [9.17, 15) is 22.8 Å². The lowest BCUT2D eigenvalue weighted by Crippen LogP contribution is -2.40. The molecule has 4 aromatic rings. The van der Waals surface area contributed by atoms with E-state index in [1.165, 1.54) is 37.0 Å². The molecule has 0 saturated carbocycles. The third-order valence-corrected chi connectivity index (χ3v) is 5.81. The molecule has 0 aliphatic carbocycles. The summed E-state index contributed by atoms with van der Waals surface area (Å²) in [6, 6.07) is 10.9. The highest BCUT2D eigenvalue weighted by Gasteiger charge is 2.31. The van der Waals surface area contributed by atoms with Gasteiger partial charge in [-0.05, 0) is 49.8 Å². The molecular weight excluding hydrogens is 471 g/mol. The SMILES string of the molecule is [C-]#[N+]c1ccc(-n2ncc(C(=C)C)c2-c2c(C)n(-c3cccc(C(F)(F)F)c3)c(=O)n(C)c2=O)cc1. The fraction of sp³-hybridized carbons (Fsp3) is 0.154. The molecule has 0 amide bonds. The molecule has 0 radical (unpaired) electrons. The third kappa shape index (κ3) is 4.05. The summed E-state index contributed by atoms with van der Waals surface area (Å²) >= 11 is 0. The van der Waals surface area contributed by atoms with Gasteiger partial charge in [0.1, 0.15) is 0 Å². The lowest BCUT2D eigenvalue weighted by Gasteiger charge is -2.18. The summed E-state index contributed by atoms with van der Waals surface area (Å²) in [4.78, 5) is 29.9. The van der Waals surface area contributed by atoms with Crippen LogP contribution in [0.3, 0.4) is 0 Å².